The second-order valence-corrected chi connectivity index (χ2v) is 9.30. The Hall–Kier alpha value is -0.120. The van der Waals surface area contributed by atoms with Crippen molar-refractivity contribution in [3.63, 3.8) is 0 Å². The molecule has 4 aliphatic carbocycles. The fourth-order valence-corrected chi connectivity index (χ4v) is 7.29. The van der Waals surface area contributed by atoms with Gasteiger partial charge in [0.2, 0.25) is 0 Å². The van der Waals surface area contributed by atoms with Gasteiger partial charge in [-0.3, -0.25) is 0 Å². The average molecular weight is 308 g/mol. The third kappa shape index (κ3) is 1.85. The number of aliphatic hydroxyl groups is 3. The van der Waals surface area contributed by atoms with Gasteiger partial charge in [0.15, 0.2) is 0 Å². The highest BCUT2D eigenvalue weighted by Crippen LogP contribution is 2.66. The van der Waals surface area contributed by atoms with Gasteiger partial charge in [-0.1, -0.05) is 13.8 Å². The van der Waals surface area contributed by atoms with Crippen LogP contribution in [0, 0.1) is 34.5 Å². The maximum atomic E-state index is 10.5. The number of hydrogen-bond donors (Lipinski definition) is 3. The van der Waals surface area contributed by atoms with Gasteiger partial charge in [0.25, 0.3) is 0 Å². The van der Waals surface area contributed by atoms with Crippen molar-refractivity contribution in [3.8, 4) is 0 Å². The van der Waals surface area contributed by atoms with Gasteiger partial charge < -0.3 is 15.3 Å². The molecule has 4 saturated carbocycles. The van der Waals surface area contributed by atoms with E-state index in [-0.39, 0.29) is 22.9 Å². The second kappa shape index (κ2) is 4.94. The molecule has 0 aromatic carbocycles. The molecule has 0 aromatic rings. The van der Waals surface area contributed by atoms with Gasteiger partial charge >= 0.3 is 0 Å². The molecule has 0 unspecified atom stereocenters. The van der Waals surface area contributed by atoms with Crippen LogP contribution in [0.3, 0.4) is 0 Å². The Bertz CT molecular complexity index is 452. The summed E-state index contributed by atoms with van der Waals surface area (Å²) in [6.07, 6.45) is 7.40. The smallest absolute Gasteiger partial charge is 0.0832 e. The zero-order valence-corrected chi connectivity index (χ0v) is 14.0. The first-order valence-electron chi connectivity index (χ1n) is 9.42. The molecule has 0 amide bonds. The number of aliphatic hydroxyl groups excluding tert-OH is 3. The average Bonchev–Trinajstić information content (AvgIpc) is 2.79. The molecule has 0 bridgehead atoms. The molecule has 4 aliphatic rings. The van der Waals surface area contributed by atoms with Crippen molar-refractivity contribution in [2.45, 2.75) is 83.5 Å². The Kier molecular flexibility index (Phi) is 3.46. The third-order valence-corrected chi connectivity index (χ3v) is 8.68. The van der Waals surface area contributed by atoms with Crippen molar-refractivity contribution < 1.29 is 15.3 Å². The zero-order valence-electron chi connectivity index (χ0n) is 14.0. The van der Waals surface area contributed by atoms with Gasteiger partial charge in [-0.05, 0) is 85.9 Å². The third-order valence-electron chi connectivity index (χ3n) is 8.68. The lowest BCUT2D eigenvalue weighted by molar-refractivity contribution is -0.176. The van der Waals surface area contributed by atoms with Crippen LogP contribution in [-0.2, 0) is 0 Å². The molecule has 9 atom stereocenters. The Morgan fingerprint density at radius 3 is 2.09 bits per heavy atom. The molecule has 4 fully saturated rings. The summed E-state index contributed by atoms with van der Waals surface area (Å²) in [6.45, 7) is 4.71. The van der Waals surface area contributed by atoms with E-state index in [0.29, 0.717) is 11.8 Å². The fourth-order valence-electron chi connectivity index (χ4n) is 7.29. The van der Waals surface area contributed by atoms with Crippen LogP contribution in [0.1, 0.15) is 65.2 Å². The fraction of sp³-hybridized carbons (Fsp3) is 1.00. The molecular weight excluding hydrogens is 276 g/mol. The van der Waals surface area contributed by atoms with E-state index in [1.165, 1.54) is 19.3 Å². The van der Waals surface area contributed by atoms with E-state index in [2.05, 4.69) is 13.8 Å². The van der Waals surface area contributed by atoms with Crippen LogP contribution in [0.4, 0.5) is 0 Å². The van der Waals surface area contributed by atoms with Crippen molar-refractivity contribution in [1.29, 1.82) is 0 Å². The van der Waals surface area contributed by atoms with Crippen molar-refractivity contribution >= 4 is 0 Å². The van der Waals surface area contributed by atoms with Crippen LogP contribution in [-0.4, -0.2) is 33.6 Å². The summed E-state index contributed by atoms with van der Waals surface area (Å²) in [5, 5.41) is 31.1. The molecule has 0 aliphatic heterocycles. The van der Waals surface area contributed by atoms with E-state index in [1.807, 2.05) is 0 Å². The van der Waals surface area contributed by atoms with E-state index in [0.717, 1.165) is 38.0 Å². The van der Waals surface area contributed by atoms with Crippen LogP contribution in [0.5, 0.6) is 0 Å². The highest BCUT2D eigenvalue weighted by molar-refractivity contribution is 5.10. The minimum atomic E-state index is -0.526. The first-order valence-corrected chi connectivity index (χ1v) is 9.42. The van der Waals surface area contributed by atoms with Gasteiger partial charge in [0, 0.05) is 0 Å². The normalized spacial score (nSPS) is 61.2. The molecule has 3 heteroatoms. The van der Waals surface area contributed by atoms with Crippen molar-refractivity contribution in [3.05, 3.63) is 0 Å². The van der Waals surface area contributed by atoms with Crippen molar-refractivity contribution in [1.82, 2.24) is 0 Å². The molecule has 126 valence electrons. The topological polar surface area (TPSA) is 60.7 Å². The molecule has 0 aromatic heterocycles. The van der Waals surface area contributed by atoms with E-state index < -0.39 is 12.2 Å². The van der Waals surface area contributed by atoms with Gasteiger partial charge in [-0.15, -0.1) is 0 Å². The van der Waals surface area contributed by atoms with Crippen molar-refractivity contribution in [2.24, 2.45) is 34.5 Å². The summed E-state index contributed by atoms with van der Waals surface area (Å²) in [7, 11) is 0. The molecule has 3 nitrogen and oxygen atoms in total. The summed E-state index contributed by atoms with van der Waals surface area (Å²) < 4.78 is 0. The van der Waals surface area contributed by atoms with Crippen molar-refractivity contribution in [2.75, 3.05) is 0 Å². The van der Waals surface area contributed by atoms with Crippen LogP contribution >= 0.6 is 0 Å². The summed E-state index contributed by atoms with van der Waals surface area (Å²) in [4.78, 5) is 0. The van der Waals surface area contributed by atoms with Gasteiger partial charge in [-0.25, -0.2) is 0 Å². The molecule has 0 saturated heterocycles. The highest BCUT2D eigenvalue weighted by atomic mass is 16.3. The summed E-state index contributed by atoms with van der Waals surface area (Å²) >= 11 is 0. The largest absolute Gasteiger partial charge is 0.393 e. The van der Waals surface area contributed by atoms with E-state index in [9.17, 15) is 15.3 Å². The molecule has 0 spiro atoms. The Labute approximate surface area is 134 Å². The Balaban J connectivity index is 1.64. The molecule has 4 rings (SSSR count). The quantitative estimate of drug-likeness (QED) is 0.645. The number of fused-ring (bicyclic) bond motifs is 5. The van der Waals surface area contributed by atoms with E-state index >= 15 is 0 Å². The SMILES string of the molecule is C[C@]12CC[C@H](O)[C@H](O)[C@@H]1CC[C@@H]1[C@@H]2CC[C@]2(C)[C@@H](O)CC[C@@H]12. The predicted molar refractivity (Wildman–Crippen MR) is 85.1 cm³/mol. The standard InChI is InChI=1S/C19H32O3/c1-18-10-8-15(20)17(22)14(18)4-3-11-12-5-6-16(21)19(12,2)9-7-13(11)18/h11-17,20-22H,3-10H2,1-2H3/t11-,12-,13-,14-,15-,16-,17+,18+,19-/m0/s1. The maximum absolute atomic E-state index is 10.5. The lowest BCUT2D eigenvalue weighted by Crippen LogP contribution is -2.58. The number of rotatable bonds is 0. The Morgan fingerprint density at radius 1 is 0.682 bits per heavy atom. The molecule has 0 radical (unpaired) electrons. The summed E-state index contributed by atoms with van der Waals surface area (Å²) in [6, 6.07) is 0. The molecule has 22 heavy (non-hydrogen) atoms. The Morgan fingerprint density at radius 2 is 1.32 bits per heavy atom. The maximum Gasteiger partial charge on any atom is 0.0832 e. The van der Waals surface area contributed by atoms with Crippen LogP contribution in [0.2, 0.25) is 0 Å². The highest BCUT2D eigenvalue weighted by Gasteiger charge is 2.61. The first kappa shape index (κ1) is 15.4. The summed E-state index contributed by atoms with van der Waals surface area (Å²) in [5.74, 6) is 2.34. The zero-order chi connectivity index (χ0) is 15.7. The second-order valence-electron chi connectivity index (χ2n) is 9.30. The van der Waals surface area contributed by atoms with Crippen LogP contribution in [0.25, 0.3) is 0 Å². The first-order chi connectivity index (χ1) is 10.4. The lowest BCUT2D eigenvalue weighted by Gasteiger charge is -2.61. The van der Waals surface area contributed by atoms with Crippen LogP contribution in [0.15, 0.2) is 0 Å². The molecule has 0 heterocycles. The molecular formula is C19H32O3. The lowest BCUT2D eigenvalue weighted by atomic mass is 9.44. The molecule has 3 N–H and O–H groups in total. The number of hydrogen-bond acceptors (Lipinski definition) is 3. The summed E-state index contributed by atoms with van der Waals surface area (Å²) in [5.41, 5.74) is 0.327. The monoisotopic (exact) mass is 308 g/mol. The van der Waals surface area contributed by atoms with E-state index in [1.54, 1.807) is 0 Å². The minimum Gasteiger partial charge on any atom is -0.393 e. The predicted octanol–water partition coefficient (Wildman–Crippen LogP) is 2.72. The van der Waals surface area contributed by atoms with E-state index in [4.69, 9.17) is 0 Å². The van der Waals surface area contributed by atoms with Gasteiger partial charge in [0.1, 0.15) is 0 Å². The van der Waals surface area contributed by atoms with Crippen LogP contribution < -0.4 is 0 Å². The minimum absolute atomic E-state index is 0.109. The van der Waals surface area contributed by atoms with Gasteiger partial charge in [-0.2, -0.15) is 0 Å². The van der Waals surface area contributed by atoms with Gasteiger partial charge in [0.05, 0.1) is 18.3 Å².